The molecule has 1 fully saturated rings. The number of rotatable bonds is 6. The average Bonchev–Trinajstić information content (AvgIpc) is 3.05. The van der Waals surface area contributed by atoms with Crippen molar-refractivity contribution in [3.05, 3.63) is 64.1 Å². The molecule has 0 saturated carbocycles. The van der Waals surface area contributed by atoms with E-state index >= 15 is 0 Å². The van der Waals surface area contributed by atoms with Crippen molar-refractivity contribution < 1.29 is 22.7 Å². The number of aryl methyl sites for hydroxylation is 1. The van der Waals surface area contributed by atoms with Crippen LogP contribution < -0.4 is 14.8 Å². The first-order chi connectivity index (χ1) is 14.3. The number of allylic oxidation sites excluding steroid dienone is 1. The van der Waals surface area contributed by atoms with Gasteiger partial charge in [0.05, 0.1) is 17.9 Å². The Bertz CT molecular complexity index is 1140. The van der Waals surface area contributed by atoms with Gasteiger partial charge in [0.15, 0.2) is 0 Å². The standard InChI is InChI=1S/C22H22N2O5S/c1-29-19-8-4-15-5-9-20(12-16(15)11-19)30(27,28)24-18-6-2-14(3-7-18)10-17-13-21(25)23-22(17)26/h2-4,6-8,11-12,17,24H,5,9-10,13H2,1H3,(H,23,25,26). The summed E-state index contributed by atoms with van der Waals surface area (Å²) in [6, 6.07) is 12.5. The third kappa shape index (κ3) is 4.23. The number of hydrogen-bond acceptors (Lipinski definition) is 5. The predicted octanol–water partition coefficient (Wildman–Crippen LogP) is 2.63. The maximum atomic E-state index is 12.9. The van der Waals surface area contributed by atoms with E-state index in [2.05, 4.69) is 10.0 Å². The van der Waals surface area contributed by atoms with Crippen LogP contribution in [0.25, 0.3) is 6.08 Å². The summed E-state index contributed by atoms with van der Waals surface area (Å²) < 4.78 is 33.6. The third-order valence-electron chi connectivity index (χ3n) is 5.41. The van der Waals surface area contributed by atoms with Crippen molar-refractivity contribution in [1.29, 1.82) is 0 Å². The van der Waals surface area contributed by atoms with Crippen LogP contribution in [0.1, 0.15) is 29.5 Å². The smallest absolute Gasteiger partial charge is 0.258 e. The number of carbonyl (C=O) groups is 2. The van der Waals surface area contributed by atoms with E-state index < -0.39 is 10.0 Å². The summed E-state index contributed by atoms with van der Waals surface area (Å²) in [5, 5.41) is 2.30. The highest BCUT2D eigenvalue weighted by Crippen LogP contribution is 2.30. The van der Waals surface area contributed by atoms with Gasteiger partial charge in [-0.05, 0) is 66.3 Å². The highest BCUT2D eigenvalue weighted by molar-refractivity contribution is 7.96. The lowest BCUT2D eigenvalue weighted by Gasteiger charge is -2.18. The molecule has 2 N–H and O–H groups in total. The summed E-state index contributed by atoms with van der Waals surface area (Å²) in [7, 11) is -2.11. The minimum absolute atomic E-state index is 0.188. The van der Waals surface area contributed by atoms with E-state index in [-0.39, 0.29) is 24.2 Å². The van der Waals surface area contributed by atoms with Gasteiger partial charge in [-0.3, -0.25) is 19.6 Å². The van der Waals surface area contributed by atoms with E-state index in [9.17, 15) is 18.0 Å². The van der Waals surface area contributed by atoms with Gasteiger partial charge in [0, 0.05) is 12.1 Å². The van der Waals surface area contributed by atoms with Crippen LogP contribution in [0.5, 0.6) is 5.75 Å². The van der Waals surface area contributed by atoms with Crippen molar-refractivity contribution in [3.8, 4) is 5.75 Å². The van der Waals surface area contributed by atoms with Crippen LogP contribution in [0.15, 0.2) is 47.4 Å². The lowest BCUT2D eigenvalue weighted by molar-refractivity contribution is -0.125. The number of benzene rings is 2. The van der Waals surface area contributed by atoms with Gasteiger partial charge in [0.2, 0.25) is 11.8 Å². The molecular weight excluding hydrogens is 404 g/mol. The summed E-state index contributed by atoms with van der Waals surface area (Å²) in [6.07, 6.45) is 3.39. The molecule has 2 amide bonds. The third-order valence-corrected chi connectivity index (χ3v) is 6.93. The number of fused-ring (bicyclic) bond motifs is 1. The Balaban J connectivity index is 1.47. The quantitative estimate of drug-likeness (QED) is 0.692. The van der Waals surface area contributed by atoms with E-state index in [4.69, 9.17) is 4.74 Å². The molecule has 1 saturated heterocycles. The SMILES string of the molecule is COc1ccc2c(c1)C=C(S(=O)(=O)Nc1ccc(CC3CC(=O)NC3=O)cc1)CC2. The zero-order chi connectivity index (χ0) is 21.3. The minimum atomic E-state index is -3.69. The molecule has 2 aromatic carbocycles. The monoisotopic (exact) mass is 426 g/mol. The number of sulfonamides is 1. The normalized spacial score (nSPS) is 18.4. The van der Waals surface area contributed by atoms with Gasteiger partial charge < -0.3 is 4.74 Å². The molecule has 0 radical (unpaired) electrons. The van der Waals surface area contributed by atoms with Crippen molar-refractivity contribution >= 4 is 33.6 Å². The van der Waals surface area contributed by atoms with Gasteiger partial charge >= 0.3 is 0 Å². The van der Waals surface area contributed by atoms with Crippen LogP contribution in [0.2, 0.25) is 0 Å². The Morgan fingerprint density at radius 1 is 1.10 bits per heavy atom. The summed E-state index contributed by atoms with van der Waals surface area (Å²) in [5.74, 6) is -0.199. The van der Waals surface area contributed by atoms with Crippen molar-refractivity contribution in [1.82, 2.24) is 5.32 Å². The fraction of sp³-hybridized carbons (Fsp3) is 0.273. The summed E-state index contributed by atoms with van der Waals surface area (Å²) in [6.45, 7) is 0. The average molecular weight is 426 g/mol. The van der Waals surface area contributed by atoms with E-state index in [1.165, 1.54) is 0 Å². The number of methoxy groups -OCH3 is 1. The first-order valence-electron chi connectivity index (χ1n) is 9.67. The van der Waals surface area contributed by atoms with Gasteiger partial charge in [0.1, 0.15) is 5.75 Å². The second-order valence-electron chi connectivity index (χ2n) is 7.50. The van der Waals surface area contributed by atoms with Crippen LogP contribution >= 0.6 is 0 Å². The molecule has 0 aromatic heterocycles. The highest BCUT2D eigenvalue weighted by atomic mass is 32.2. The molecule has 30 heavy (non-hydrogen) atoms. The molecule has 156 valence electrons. The Morgan fingerprint density at radius 3 is 2.53 bits per heavy atom. The van der Waals surface area contributed by atoms with Crippen LogP contribution in [0.3, 0.4) is 0 Å². The highest BCUT2D eigenvalue weighted by Gasteiger charge is 2.30. The van der Waals surface area contributed by atoms with Crippen molar-refractivity contribution in [2.45, 2.75) is 25.7 Å². The minimum Gasteiger partial charge on any atom is -0.497 e. The van der Waals surface area contributed by atoms with Gasteiger partial charge in [0.25, 0.3) is 10.0 Å². The fourth-order valence-corrected chi connectivity index (χ4v) is 4.99. The first kappa shape index (κ1) is 20.2. The van der Waals surface area contributed by atoms with Gasteiger partial charge in [-0.1, -0.05) is 18.2 Å². The molecule has 2 aliphatic rings. The van der Waals surface area contributed by atoms with Gasteiger partial charge in [-0.25, -0.2) is 8.42 Å². The van der Waals surface area contributed by atoms with Gasteiger partial charge in [-0.15, -0.1) is 0 Å². The van der Waals surface area contributed by atoms with E-state index in [0.717, 1.165) is 16.7 Å². The summed E-state index contributed by atoms with van der Waals surface area (Å²) in [5.41, 5.74) is 3.25. The summed E-state index contributed by atoms with van der Waals surface area (Å²) >= 11 is 0. The molecular formula is C22H22N2O5S. The molecule has 0 spiro atoms. The Labute approximate surface area is 175 Å². The number of ether oxygens (including phenoxy) is 1. The van der Waals surface area contributed by atoms with Crippen molar-refractivity contribution in [2.24, 2.45) is 5.92 Å². The van der Waals surface area contributed by atoms with Crippen LogP contribution in [0.4, 0.5) is 5.69 Å². The lowest BCUT2D eigenvalue weighted by Crippen LogP contribution is -2.22. The Kier molecular flexibility index (Phi) is 5.34. The molecule has 0 bridgehead atoms. The number of nitrogens with one attached hydrogen (secondary N) is 2. The second-order valence-corrected chi connectivity index (χ2v) is 9.23. The molecule has 1 unspecified atom stereocenters. The van der Waals surface area contributed by atoms with E-state index in [1.807, 2.05) is 18.2 Å². The fourth-order valence-electron chi connectivity index (χ4n) is 3.76. The topological polar surface area (TPSA) is 102 Å². The first-order valence-corrected chi connectivity index (χ1v) is 11.2. The molecule has 8 heteroatoms. The molecule has 7 nitrogen and oxygen atoms in total. The molecule has 4 rings (SSSR count). The molecule has 2 aromatic rings. The maximum absolute atomic E-state index is 12.9. The van der Waals surface area contributed by atoms with Crippen molar-refractivity contribution in [3.63, 3.8) is 0 Å². The van der Waals surface area contributed by atoms with Crippen LogP contribution in [-0.4, -0.2) is 27.3 Å². The van der Waals surface area contributed by atoms with Crippen molar-refractivity contribution in [2.75, 3.05) is 11.8 Å². The molecule has 1 atom stereocenters. The summed E-state index contributed by atoms with van der Waals surface area (Å²) in [4.78, 5) is 23.3. The molecule has 1 heterocycles. The van der Waals surface area contributed by atoms with Crippen LogP contribution in [-0.2, 0) is 32.5 Å². The molecule has 1 aliphatic carbocycles. The lowest BCUT2D eigenvalue weighted by atomic mass is 9.97. The largest absolute Gasteiger partial charge is 0.497 e. The number of imide groups is 1. The zero-order valence-electron chi connectivity index (χ0n) is 16.5. The van der Waals surface area contributed by atoms with Gasteiger partial charge in [-0.2, -0.15) is 0 Å². The van der Waals surface area contributed by atoms with Crippen LogP contribution in [0, 0.1) is 5.92 Å². The Hall–Kier alpha value is -3.13. The second kappa shape index (κ2) is 7.95. The molecule has 1 aliphatic heterocycles. The number of carbonyl (C=O) groups excluding carboxylic acids is 2. The maximum Gasteiger partial charge on any atom is 0.258 e. The van der Waals surface area contributed by atoms with E-state index in [0.29, 0.717) is 35.6 Å². The number of anilines is 1. The Morgan fingerprint density at radius 2 is 1.87 bits per heavy atom. The van der Waals surface area contributed by atoms with E-state index in [1.54, 1.807) is 37.5 Å². The number of amides is 2. The number of hydrogen-bond donors (Lipinski definition) is 2. The predicted molar refractivity (Wildman–Crippen MR) is 113 cm³/mol. The zero-order valence-corrected chi connectivity index (χ0v) is 17.3.